The second kappa shape index (κ2) is 9.90. The van der Waals surface area contributed by atoms with E-state index < -0.39 is 5.97 Å². The third kappa shape index (κ3) is 5.92. The summed E-state index contributed by atoms with van der Waals surface area (Å²) < 4.78 is 1.70. The van der Waals surface area contributed by atoms with Crippen molar-refractivity contribution >= 4 is 35.2 Å². The Morgan fingerprint density at radius 3 is 2.55 bits per heavy atom. The number of nitrogens with one attached hydrogen (secondary N) is 2. The minimum atomic E-state index is -1.31. The van der Waals surface area contributed by atoms with Crippen LogP contribution in [0.25, 0.3) is 0 Å². The molecule has 31 heavy (non-hydrogen) atoms. The average Bonchev–Trinajstić information content (AvgIpc) is 3.10. The maximum atomic E-state index is 12.3. The number of anilines is 1. The monoisotopic (exact) mass is 438 g/mol. The Bertz CT molecular complexity index is 1130. The third-order valence-corrected chi connectivity index (χ3v) is 5.35. The van der Waals surface area contributed by atoms with Gasteiger partial charge in [-0.15, -0.1) is 10.2 Å². The zero-order chi connectivity index (χ0) is 22.4. The van der Waals surface area contributed by atoms with Crippen molar-refractivity contribution in [2.75, 3.05) is 11.1 Å². The van der Waals surface area contributed by atoms with E-state index in [0.717, 1.165) is 5.56 Å². The average molecular weight is 438 g/mol. The van der Waals surface area contributed by atoms with Gasteiger partial charge in [0, 0.05) is 18.3 Å². The van der Waals surface area contributed by atoms with E-state index in [1.54, 1.807) is 29.8 Å². The van der Waals surface area contributed by atoms with Crippen LogP contribution in [0.3, 0.4) is 0 Å². The molecular formula is C21H20N5O4S-. The van der Waals surface area contributed by atoms with Crippen molar-refractivity contribution in [1.82, 2.24) is 20.1 Å². The summed E-state index contributed by atoms with van der Waals surface area (Å²) in [5.41, 5.74) is 1.91. The van der Waals surface area contributed by atoms with Crippen molar-refractivity contribution in [1.29, 1.82) is 0 Å². The number of aromatic nitrogens is 3. The van der Waals surface area contributed by atoms with Crippen molar-refractivity contribution in [3.8, 4) is 0 Å². The molecule has 0 radical (unpaired) electrons. The topological polar surface area (TPSA) is 129 Å². The van der Waals surface area contributed by atoms with Crippen LogP contribution in [0.2, 0.25) is 0 Å². The van der Waals surface area contributed by atoms with E-state index in [-0.39, 0.29) is 29.7 Å². The predicted molar refractivity (Wildman–Crippen MR) is 113 cm³/mol. The van der Waals surface area contributed by atoms with Crippen molar-refractivity contribution in [3.05, 3.63) is 71.0 Å². The van der Waals surface area contributed by atoms with Crippen LogP contribution in [0, 0.1) is 6.92 Å². The van der Waals surface area contributed by atoms with Gasteiger partial charge in [-0.25, -0.2) is 0 Å². The number of carbonyl (C=O) groups excluding carboxylic acids is 3. The number of aromatic carboxylic acids is 1. The molecule has 2 aromatic carbocycles. The first kappa shape index (κ1) is 22.0. The maximum absolute atomic E-state index is 12.3. The van der Waals surface area contributed by atoms with Crippen LogP contribution in [0.1, 0.15) is 32.1 Å². The fourth-order valence-corrected chi connectivity index (χ4v) is 3.45. The summed E-state index contributed by atoms with van der Waals surface area (Å²) in [4.78, 5) is 35.4. The molecule has 0 bridgehead atoms. The summed E-state index contributed by atoms with van der Waals surface area (Å²) >= 11 is 1.17. The Hall–Kier alpha value is -3.66. The summed E-state index contributed by atoms with van der Waals surface area (Å²) in [6.07, 6.45) is 0. The van der Waals surface area contributed by atoms with E-state index in [2.05, 4.69) is 20.8 Å². The van der Waals surface area contributed by atoms with Crippen molar-refractivity contribution in [2.24, 2.45) is 7.05 Å². The smallest absolute Gasteiger partial charge is 0.251 e. The quantitative estimate of drug-likeness (QED) is 0.505. The predicted octanol–water partition coefficient (Wildman–Crippen LogP) is 1.15. The standard InChI is InChI=1S/C21H21N5O4S/c1-13-5-3-6-14(9-13)19(28)22-11-17-24-25-21(26(17)2)31-12-18(27)23-16-8-4-7-15(10-16)20(29)30/h3-10H,11-12H2,1-2H3,(H,22,28)(H,23,27)(H,29,30)/p-1. The number of carboxylic acid groups (broad SMARTS) is 1. The lowest BCUT2D eigenvalue weighted by molar-refractivity contribution is -0.255. The molecule has 0 saturated carbocycles. The molecule has 0 aliphatic rings. The van der Waals surface area contributed by atoms with Crippen LogP contribution in [-0.2, 0) is 18.4 Å². The molecule has 0 aliphatic heterocycles. The molecule has 10 heteroatoms. The van der Waals surface area contributed by atoms with Gasteiger partial charge in [0.15, 0.2) is 11.0 Å². The van der Waals surface area contributed by atoms with E-state index in [9.17, 15) is 19.5 Å². The maximum Gasteiger partial charge on any atom is 0.251 e. The first-order valence-corrected chi connectivity index (χ1v) is 10.3. The van der Waals surface area contributed by atoms with Crippen LogP contribution in [0.4, 0.5) is 5.69 Å². The summed E-state index contributed by atoms with van der Waals surface area (Å²) in [6.45, 7) is 2.11. The van der Waals surface area contributed by atoms with Gasteiger partial charge in [-0.1, -0.05) is 41.6 Å². The Morgan fingerprint density at radius 2 is 1.81 bits per heavy atom. The lowest BCUT2D eigenvalue weighted by Gasteiger charge is -2.08. The minimum Gasteiger partial charge on any atom is -0.545 e. The molecule has 0 aliphatic carbocycles. The van der Waals surface area contributed by atoms with Gasteiger partial charge >= 0.3 is 0 Å². The SMILES string of the molecule is Cc1cccc(C(=O)NCc2nnc(SCC(=O)Nc3cccc(C(=O)[O-])c3)n2C)c1. The van der Waals surface area contributed by atoms with E-state index >= 15 is 0 Å². The van der Waals surface area contributed by atoms with Crippen LogP contribution >= 0.6 is 11.8 Å². The number of rotatable bonds is 8. The van der Waals surface area contributed by atoms with Crippen molar-refractivity contribution in [3.63, 3.8) is 0 Å². The zero-order valence-corrected chi connectivity index (χ0v) is 17.7. The van der Waals surface area contributed by atoms with E-state index in [4.69, 9.17) is 0 Å². The Balaban J connectivity index is 1.53. The second-order valence-corrected chi connectivity index (χ2v) is 7.66. The van der Waals surface area contributed by atoms with Crippen LogP contribution in [0.5, 0.6) is 0 Å². The first-order chi connectivity index (χ1) is 14.8. The van der Waals surface area contributed by atoms with Gasteiger partial charge in [-0.05, 0) is 36.8 Å². The fourth-order valence-electron chi connectivity index (χ4n) is 2.72. The highest BCUT2D eigenvalue weighted by molar-refractivity contribution is 7.99. The number of thioether (sulfide) groups is 1. The largest absolute Gasteiger partial charge is 0.545 e. The number of hydrogen-bond donors (Lipinski definition) is 2. The first-order valence-electron chi connectivity index (χ1n) is 9.30. The summed E-state index contributed by atoms with van der Waals surface area (Å²) in [5.74, 6) is -1.24. The van der Waals surface area contributed by atoms with E-state index in [1.807, 2.05) is 19.1 Å². The third-order valence-electron chi connectivity index (χ3n) is 4.33. The molecule has 0 spiro atoms. The number of hydrogen-bond acceptors (Lipinski definition) is 7. The highest BCUT2D eigenvalue weighted by Gasteiger charge is 2.13. The van der Waals surface area contributed by atoms with Crippen molar-refractivity contribution in [2.45, 2.75) is 18.6 Å². The molecule has 9 nitrogen and oxygen atoms in total. The van der Waals surface area contributed by atoms with Crippen LogP contribution in [-0.4, -0.2) is 38.3 Å². The summed E-state index contributed by atoms with van der Waals surface area (Å²) in [5, 5.41) is 25.0. The fraction of sp³-hybridized carbons (Fsp3) is 0.190. The van der Waals surface area contributed by atoms with E-state index in [1.165, 1.54) is 30.0 Å². The molecular weight excluding hydrogens is 418 g/mol. The van der Waals surface area contributed by atoms with Crippen LogP contribution < -0.4 is 15.7 Å². The lowest BCUT2D eigenvalue weighted by atomic mass is 10.1. The molecule has 2 amide bonds. The molecule has 3 rings (SSSR count). The van der Waals surface area contributed by atoms with Gasteiger partial charge in [0.05, 0.1) is 18.3 Å². The van der Waals surface area contributed by atoms with Gasteiger partial charge in [0.2, 0.25) is 5.91 Å². The zero-order valence-electron chi connectivity index (χ0n) is 16.9. The molecule has 0 unspecified atom stereocenters. The molecule has 160 valence electrons. The minimum absolute atomic E-state index is 0.0175. The van der Waals surface area contributed by atoms with Gasteiger partial charge in [0.1, 0.15) is 0 Å². The highest BCUT2D eigenvalue weighted by atomic mass is 32.2. The van der Waals surface area contributed by atoms with Gasteiger partial charge in [0.25, 0.3) is 5.91 Å². The number of carbonyl (C=O) groups is 3. The molecule has 1 aromatic heterocycles. The molecule has 1 heterocycles. The van der Waals surface area contributed by atoms with Crippen LogP contribution in [0.15, 0.2) is 53.7 Å². The molecule has 3 aromatic rings. The van der Waals surface area contributed by atoms with Gasteiger partial charge < -0.3 is 25.1 Å². The number of benzene rings is 2. The molecule has 0 fully saturated rings. The Labute approximate surface area is 182 Å². The number of aryl methyl sites for hydroxylation is 1. The molecule has 0 saturated heterocycles. The highest BCUT2D eigenvalue weighted by Crippen LogP contribution is 2.17. The lowest BCUT2D eigenvalue weighted by Crippen LogP contribution is -2.24. The Kier molecular flexibility index (Phi) is 7.03. The number of carboxylic acids is 1. The molecule has 2 N–H and O–H groups in total. The summed E-state index contributed by atoms with van der Waals surface area (Å²) in [7, 11) is 1.75. The second-order valence-electron chi connectivity index (χ2n) is 6.72. The number of amides is 2. The Morgan fingerprint density at radius 1 is 1.06 bits per heavy atom. The van der Waals surface area contributed by atoms with Gasteiger partial charge in [-0.2, -0.15) is 0 Å². The molecule has 0 atom stereocenters. The van der Waals surface area contributed by atoms with E-state index in [0.29, 0.717) is 22.2 Å². The summed E-state index contributed by atoms with van der Waals surface area (Å²) in [6, 6.07) is 13.1. The van der Waals surface area contributed by atoms with Gasteiger partial charge in [-0.3, -0.25) is 9.59 Å². The van der Waals surface area contributed by atoms with Crippen molar-refractivity contribution < 1.29 is 19.5 Å². The number of nitrogens with zero attached hydrogens (tertiary/aromatic N) is 3. The normalized spacial score (nSPS) is 10.5.